The number of hydrogen-bond donors (Lipinski definition) is 2. The van der Waals surface area contributed by atoms with Crippen molar-refractivity contribution in [3.63, 3.8) is 0 Å². The molecule has 2 aliphatic rings. The molecule has 0 radical (unpaired) electrons. The van der Waals surface area contributed by atoms with E-state index in [1.807, 2.05) is 6.07 Å². The Kier molecular flexibility index (Phi) is 4.62. The Hall–Kier alpha value is -2.24. The third-order valence-electron chi connectivity index (χ3n) is 4.51. The van der Waals surface area contributed by atoms with Crippen molar-refractivity contribution in [3.8, 4) is 5.75 Å². The lowest BCUT2D eigenvalue weighted by molar-refractivity contribution is -0.127. The molecule has 1 unspecified atom stereocenters. The summed E-state index contributed by atoms with van der Waals surface area (Å²) < 4.78 is 5.49. The van der Waals surface area contributed by atoms with Gasteiger partial charge in [0.05, 0.1) is 6.54 Å². The summed E-state index contributed by atoms with van der Waals surface area (Å²) in [6, 6.07) is 4.48. The Labute approximate surface area is 148 Å². The number of benzene rings is 1. The summed E-state index contributed by atoms with van der Waals surface area (Å²) in [5, 5.41) is 12.7. The van der Waals surface area contributed by atoms with Crippen LogP contribution in [0.25, 0.3) is 0 Å². The topological polar surface area (TPSA) is 78.9 Å². The van der Waals surface area contributed by atoms with E-state index in [1.54, 1.807) is 32.9 Å². The third kappa shape index (κ3) is 4.44. The lowest BCUT2D eigenvalue weighted by Gasteiger charge is -2.37. The number of carbonyl (C=O) groups is 2. The molecule has 0 saturated heterocycles. The number of fused-ring (bicyclic) bond motifs is 1. The van der Waals surface area contributed by atoms with E-state index in [-0.39, 0.29) is 18.2 Å². The molecule has 1 aromatic carbocycles. The quantitative estimate of drug-likeness (QED) is 0.882. The molecule has 0 aromatic heterocycles. The van der Waals surface area contributed by atoms with Crippen molar-refractivity contribution in [1.29, 1.82) is 0 Å². The minimum absolute atomic E-state index is 0.142. The Balaban J connectivity index is 1.81. The SMILES string of the molecule is CC(C)(C)OC(=O)N1Cc2cc(O)ccc2CC1C(=O)NCC1CC1. The highest BCUT2D eigenvalue weighted by Crippen LogP contribution is 2.29. The summed E-state index contributed by atoms with van der Waals surface area (Å²) in [5.41, 5.74) is 1.19. The van der Waals surface area contributed by atoms with Gasteiger partial charge in [0.15, 0.2) is 0 Å². The van der Waals surface area contributed by atoms with Crippen LogP contribution in [0.1, 0.15) is 44.7 Å². The third-order valence-corrected chi connectivity index (χ3v) is 4.51. The molecular weight excluding hydrogens is 320 g/mol. The Bertz CT molecular complexity index is 676. The van der Waals surface area contributed by atoms with E-state index >= 15 is 0 Å². The molecule has 2 N–H and O–H groups in total. The van der Waals surface area contributed by atoms with Gasteiger partial charge in [-0.1, -0.05) is 6.07 Å². The van der Waals surface area contributed by atoms with Gasteiger partial charge in [0.25, 0.3) is 0 Å². The number of rotatable bonds is 3. The molecule has 25 heavy (non-hydrogen) atoms. The van der Waals surface area contributed by atoms with Crippen LogP contribution in [0, 0.1) is 5.92 Å². The maximum atomic E-state index is 12.7. The normalized spacial score (nSPS) is 20.0. The molecule has 136 valence electrons. The van der Waals surface area contributed by atoms with Gasteiger partial charge < -0.3 is 15.2 Å². The average Bonchev–Trinajstić information content (AvgIpc) is 3.34. The van der Waals surface area contributed by atoms with E-state index in [0.29, 0.717) is 18.9 Å². The number of nitrogens with one attached hydrogen (secondary N) is 1. The smallest absolute Gasteiger partial charge is 0.411 e. The van der Waals surface area contributed by atoms with Crippen LogP contribution in [0.4, 0.5) is 4.79 Å². The summed E-state index contributed by atoms with van der Waals surface area (Å²) in [6.45, 7) is 6.32. The first-order valence-electron chi connectivity index (χ1n) is 8.81. The molecule has 2 amide bonds. The van der Waals surface area contributed by atoms with Crippen LogP contribution < -0.4 is 5.32 Å². The van der Waals surface area contributed by atoms with E-state index in [0.717, 1.165) is 24.0 Å². The van der Waals surface area contributed by atoms with E-state index in [2.05, 4.69) is 5.32 Å². The van der Waals surface area contributed by atoms with Crippen molar-refractivity contribution in [2.24, 2.45) is 5.92 Å². The van der Waals surface area contributed by atoms with E-state index in [1.165, 1.54) is 4.90 Å². The number of amides is 2. The number of ether oxygens (including phenoxy) is 1. The average molecular weight is 346 g/mol. The highest BCUT2D eigenvalue weighted by Gasteiger charge is 2.37. The van der Waals surface area contributed by atoms with Crippen LogP contribution in [-0.2, 0) is 22.5 Å². The number of phenols is 1. The highest BCUT2D eigenvalue weighted by atomic mass is 16.6. The van der Waals surface area contributed by atoms with Gasteiger partial charge in [0.1, 0.15) is 17.4 Å². The predicted molar refractivity (Wildman–Crippen MR) is 93.1 cm³/mol. The van der Waals surface area contributed by atoms with Gasteiger partial charge in [0.2, 0.25) is 5.91 Å². The van der Waals surface area contributed by atoms with Crippen molar-refractivity contribution in [1.82, 2.24) is 10.2 Å². The summed E-state index contributed by atoms with van der Waals surface area (Å²) in [4.78, 5) is 26.8. The van der Waals surface area contributed by atoms with Gasteiger partial charge in [-0.2, -0.15) is 0 Å². The highest BCUT2D eigenvalue weighted by molar-refractivity contribution is 5.86. The fourth-order valence-electron chi connectivity index (χ4n) is 3.00. The standard InChI is InChI=1S/C19H26N2O4/c1-19(2,3)25-18(24)21-11-14-8-15(22)7-6-13(14)9-16(21)17(23)20-10-12-4-5-12/h6-8,12,16,22H,4-5,9-11H2,1-3H3,(H,20,23). The van der Waals surface area contributed by atoms with Crippen LogP contribution in [0.2, 0.25) is 0 Å². The monoisotopic (exact) mass is 346 g/mol. The zero-order valence-corrected chi connectivity index (χ0v) is 15.0. The van der Waals surface area contributed by atoms with Crippen LogP contribution in [0.15, 0.2) is 18.2 Å². The first kappa shape index (κ1) is 17.6. The molecule has 1 saturated carbocycles. The summed E-state index contributed by atoms with van der Waals surface area (Å²) in [5.74, 6) is 0.586. The Morgan fingerprint density at radius 3 is 2.64 bits per heavy atom. The molecule has 1 heterocycles. The molecule has 1 fully saturated rings. The van der Waals surface area contributed by atoms with Gasteiger partial charge in [-0.05, 0) is 62.8 Å². The van der Waals surface area contributed by atoms with Gasteiger partial charge in [-0.25, -0.2) is 4.79 Å². The number of nitrogens with zero attached hydrogens (tertiary/aromatic N) is 1. The molecule has 1 atom stereocenters. The van der Waals surface area contributed by atoms with Crippen molar-refractivity contribution in [2.45, 2.75) is 58.2 Å². The van der Waals surface area contributed by atoms with Crippen molar-refractivity contribution in [3.05, 3.63) is 29.3 Å². The first-order chi connectivity index (χ1) is 11.7. The second kappa shape index (κ2) is 6.58. The number of carbonyl (C=O) groups excluding carboxylic acids is 2. The lowest BCUT2D eigenvalue weighted by Crippen LogP contribution is -2.53. The van der Waals surface area contributed by atoms with Gasteiger partial charge in [0, 0.05) is 13.0 Å². The van der Waals surface area contributed by atoms with E-state index in [9.17, 15) is 14.7 Å². The second-order valence-corrected chi connectivity index (χ2v) is 7.97. The van der Waals surface area contributed by atoms with Crippen LogP contribution in [-0.4, -0.2) is 40.2 Å². The number of aromatic hydroxyl groups is 1. The molecule has 1 aliphatic carbocycles. The maximum absolute atomic E-state index is 12.7. The summed E-state index contributed by atoms with van der Waals surface area (Å²) in [7, 11) is 0. The minimum atomic E-state index is -0.634. The second-order valence-electron chi connectivity index (χ2n) is 7.97. The van der Waals surface area contributed by atoms with Crippen molar-refractivity contribution >= 4 is 12.0 Å². The zero-order chi connectivity index (χ0) is 18.2. The molecule has 0 spiro atoms. The molecule has 6 nitrogen and oxygen atoms in total. The molecule has 0 bridgehead atoms. The molecule has 1 aromatic rings. The van der Waals surface area contributed by atoms with E-state index in [4.69, 9.17) is 4.74 Å². The zero-order valence-electron chi connectivity index (χ0n) is 15.0. The van der Waals surface area contributed by atoms with Gasteiger partial charge in [-0.3, -0.25) is 9.69 Å². The minimum Gasteiger partial charge on any atom is -0.508 e. The molecule has 6 heteroatoms. The number of phenolic OH excluding ortho intramolecular Hbond substituents is 1. The lowest BCUT2D eigenvalue weighted by atomic mass is 9.93. The predicted octanol–water partition coefficient (Wildman–Crippen LogP) is 2.58. The van der Waals surface area contributed by atoms with Crippen LogP contribution in [0.5, 0.6) is 5.75 Å². The van der Waals surface area contributed by atoms with Crippen LogP contribution in [0.3, 0.4) is 0 Å². The van der Waals surface area contributed by atoms with Crippen LogP contribution >= 0.6 is 0 Å². The fourth-order valence-corrected chi connectivity index (χ4v) is 3.00. The van der Waals surface area contributed by atoms with Crippen molar-refractivity contribution < 1.29 is 19.4 Å². The molecule has 1 aliphatic heterocycles. The first-order valence-corrected chi connectivity index (χ1v) is 8.81. The maximum Gasteiger partial charge on any atom is 0.411 e. The summed E-state index contributed by atoms with van der Waals surface area (Å²) in [6.07, 6.45) is 2.23. The van der Waals surface area contributed by atoms with Gasteiger partial charge >= 0.3 is 6.09 Å². The van der Waals surface area contributed by atoms with Crippen molar-refractivity contribution in [2.75, 3.05) is 6.54 Å². The largest absolute Gasteiger partial charge is 0.508 e. The number of hydrogen-bond acceptors (Lipinski definition) is 4. The molecular formula is C19H26N2O4. The molecule has 3 rings (SSSR count). The van der Waals surface area contributed by atoms with Gasteiger partial charge in [-0.15, -0.1) is 0 Å². The Morgan fingerprint density at radius 1 is 1.28 bits per heavy atom. The van der Waals surface area contributed by atoms with E-state index < -0.39 is 17.7 Å². The summed E-state index contributed by atoms with van der Waals surface area (Å²) >= 11 is 0. The Morgan fingerprint density at radius 2 is 2.00 bits per heavy atom. The fraction of sp³-hybridized carbons (Fsp3) is 0.579.